The van der Waals surface area contributed by atoms with E-state index in [0.717, 1.165) is 48.6 Å². The summed E-state index contributed by atoms with van der Waals surface area (Å²) in [6.45, 7) is 13.0. The zero-order valence-electron chi connectivity index (χ0n) is 22.3. The second-order valence-electron chi connectivity index (χ2n) is 10.5. The number of pyridine rings is 1. The lowest BCUT2D eigenvalue weighted by Crippen LogP contribution is -2.44. The van der Waals surface area contributed by atoms with Crippen molar-refractivity contribution in [3.8, 4) is 0 Å². The smallest absolute Gasteiger partial charge is 0.251 e. The third-order valence-electron chi connectivity index (χ3n) is 8.04. The summed E-state index contributed by atoms with van der Waals surface area (Å²) in [6, 6.07) is 4.27. The molecule has 0 radical (unpaired) electrons. The highest BCUT2D eigenvalue weighted by Gasteiger charge is 2.30. The molecule has 37 heavy (non-hydrogen) atoms. The molecule has 0 spiro atoms. The number of carbonyl (C=O) groups is 2. The van der Waals surface area contributed by atoms with E-state index in [1.807, 2.05) is 32.9 Å². The molecule has 3 unspecified atom stereocenters. The number of nitrogens with zero attached hydrogens (tertiary/aromatic N) is 2. The third-order valence-corrected chi connectivity index (χ3v) is 8.04. The van der Waals surface area contributed by atoms with Gasteiger partial charge in [-0.2, -0.15) is 0 Å². The standard InChI is InChI=1S/C29H38N4O4/c1-18-13-19(2)31-29(35)26(18)16-30-28(34)25-15-24-14-23(22-5-9-36-10-6-22)17-33(24)27(20(25)3)21(4)32-7-11-37-12-8-32/h5,13-15,17-18,21,26H,6-12,16H2,1-4H3,(H,30,34)(H,31,35). The van der Waals surface area contributed by atoms with E-state index in [-0.39, 0.29) is 29.7 Å². The Labute approximate surface area is 218 Å². The molecule has 0 aliphatic carbocycles. The van der Waals surface area contributed by atoms with Crippen molar-refractivity contribution >= 4 is 22.9 Å². The van der Waals surface area contributed by atoms with E-state index in [1.165, 1.54) is 11.1 Å². The molecule has 198 valence electrons. The average molecular weight is 507 g/mol. The fourth-order valence-corrected chi connectivity index (χ4v) is 5.88. The molecule has 0 aromatic carbocycles. The number of rotatable bonds is 6. The van der Waals surface area contributed by atoms with Gasteiger partial charge in [0.2, 0.25) is 5.91 Å². The molecule has 8 nitrogen and oxygen atoms in total. The van der Waals surface area contributed by atoms with Gasteiger partial charge in [-0.15, -0.1) is 0 Å². The van der Waals surface area contributed by atoms with Crippen LogP contribution < -0.4 is 10.6 Å². The van der Waals surface area contributed by atoms with Crippen molar-refractivity contribution in [2.75, 3.05) is 46.1 Å². The maximum Gasteiger partial charge on any atom is 0.251 e. The summed E-state index contributed by atoms with van der Waals surface area (Å²) in [5.41, 5.74) is 7.05. The van der Waals surface area contributed by atoms with Crippen molar-refractivity contribution in [3.05, 3.63) is 58.6 Å². The van der Waals surface area contributed by atoms with Crippen LogP contribution in [-0.2, 0) is 14.3 Å². The number of fused-ring (bicyclic) bond motifs is 1. The maximum absolute atomic E-state index is 13.6. The topological polar surface area (TPSA) is 84.3 Å². The van der Waals surface area contributed by atoms with E-state index >= 15 is 0 Å². The molecule has 3 atom stereocenters. The summed E-state index contributed by atoms with van der Waals surface area (Å²) in [6.07, 6.45) is 7.28. The van der Waals surface area contributed by atoms with Gasteiger partial charge in [-0.25, -0.2) is 0 Å². The second kappa shape index (κ2) is 10.8. The Bertz CT molecular complexity index is 1250. The number of aromatic nitrogens is 1. The largest absolute Gasteiger partial charge is 0.379 e. The molecule has 2 aromatic rings. The first-order valence-electron chi connectivity index (χ1n) is 13.4. The summed E-state index contributed by atoms with van der Waals surface area (Å²) in [4.78, 5) is 28.5. The lowest BCUT2D eigenvalue weighted by molar-refractivity contribution is -0.125. The number of amides is 2. The molecule has 2 aromatic heterocycles. The summed E-state index contributed by atoms with van der Waals surface area (Å²) >= 11 is 0. The van der Waals surface area contributed by atoms with Crippen molar-refractivity contribution in [1.82, 2.24) is 19.9 Å². The molecule has 8 heteroatoms. The Morgan fingerprint density at radius 3 is 2.68 bits per heavy atom. The number of carbonyl (C=O) groups excluding carboxylic acids is 2. The fourth-order valence-electron chi connectivity index (χ4n) is 5.88. The quantitative estimate of drug-likeness (QED) is 0.627. The zero-order valence-corrected chi connectivity index (χ0v) is 22.3. The van der Waals surface area contributed by atoms with Crippen LogP contribution in [0, 0.1) is 18.8 Å². The van der Waals surface area contributed by atoms with Crippen molar-refractivity contribution < 1.29 is 19.1 Å². The van der Waals surface area contributed by atoms with Crippen LogP contribution in [0.1, 0.15) is 60.4 Å². The molecule has 2 N–H and O–H groups in total. The van der Waals surface area contributed by atoms with Crippen molar-refractivity contribution in [2.24, 2.45) is 11.8 Å². The Balaban J connectivity index is 1.49. The minimum Gasteiger partial charge on any atom is -0.379 e. The van der Waals surface area contributed by atoms with Gasteiger partial charge in [0, 0.05) is 54.3 Å². The van der Waals surface area contributed by atoms with Crippen LogP contribution in [0.4, 0.5) is 0 Å². The van der Waals surface area contributed by atoms with Crippen molar-refractivity contribution in [2.45, 2.75) is 40.2 Å². The summed E-state index contributed by atoms with van der Waals surface area (Å²) in [5, 5.41) is 5.96. The molecule has 1 saturated heterocycles. The highest BCUT2D eigenvalue weighted by atomic mass is 16.5. The molecule has 3 aliphatic rings. The van der Waals surface area contributed by atoms with Gasteiger partial charge < -0.3 is 24.5 Å². The Hall–Kier alpha value is -2.94. The number of hydrogen-bond donors (Lipinski definition) is 2. The normalized spacial score (nSPS) is 23.8. The number of allylic oxidation sites excluding steroid dienone is 2. The molecular weight excluding hydrogens is 468 g/mol. The average Bonchev–Trinajstić information content (AvgIpc) is 3.32. The highest BCUT2D eigenvalue weighted by Crippen LogP contribution is 2.32. The lowest BCUT2D eigenvalue weighted by atomic mass is 9.89. The predicted octanol–water partition coefficient (Wildman–Crippen LogP) is 3.46. The fraction of sp³-hybridized carbons (Fsp3) is 0.517. The van der Waals surface area contributed by atoms with Crippen molar-refractivity contribution in [3.63, 3.8) is 0 Å². The van der Waals surface area contributed by atoms with Crippen LogP contribution in [-0.4, -0.2) is 67.2 Å². The molecule has 3 aliphatic heterocycles. The molecule has 0 saturated carbocycles. The van der Waals surface area contributed by atoms with Gasteiger partial charge in [-0.1, -0.05) is 19.1 Å². The van der Waals surface area contributed by atoms with Crippen LogP contribution >= 0.6 is 0 Å². The van der Waals surface area contributed by atoms with Crippen LogP contribution in [0.25, 0.3) is 11.1 Å². The Morgan fingerprint density at radius 2 is 1.97 bits per heavy atom. The molecule has 2 amide bonds. The Morgan fingerprint density at radius 1 is 1.19 bits per heavy atom. The predicted molar refractivity (Wildman–Crippen MR) is 143 cm³/mol. The minimum atomic E-state index is -0.288. The second-order valence-corrected chi connectivity index (χ2v) is 10.5. The van der Waals surface area contributed by atoms with E-state index in [9.17, 15) is 9.59 Å². The van der Waals surface area contributed by atoms with Crippen LogP contribution in [0.2, 0.25) is 0 Å². The Kier molecular flexibility index (Phi) is 7.51. The number of hydrogen-bond acceptors (Lipinski definition) is 5. The van der Waals surface area contributed by atoms with E-state index in [2.05, 4.69) is 45.2 Å². The van der Waals surface area contributed by atoms with E-state index < -0.39 is 0 Å². The van der Waals surface area contributed by atoms with Gasteiger partial charge >= 0.3 is 0 Å². The van der Waals surface area contributed by atoms with Crippen LogP contribution in [0.5, 0.6) is 0 Å². The van der Waals surface area contributed by atoms with E-state index in [1.54, 1.807) is 0 Å². The highest BCUT2D eigenvalue weighted by molar-refractivity contribution is 5.97. The summed E-state index contributed by atoms with van der Waals surface area (Å²) in [5.74, 6) is -0.406. The SMILES string of the molecule is CC1=CC(C)C(CNC(=O)c2cc3cc(C4=CCOCC4)cn3c(C(C)N3CCOCC3)c2C)C(=O)N1. The molecule has 5 heterocycles. The minimum absolute atomic E-state index is 0.0393. The van der Waals surface area contributed by atoms with Crippen molar-refractivity contribution in [1.29, 1.82) is 0 Å². The first-order chi connectivity index (χ1) is 17.8. The van der Waals surface area contributed by atoms with E-state index in [0.29, 0.717) is 31.9 Å². The van der Waals surface area contributed by atoms with Gasteiger partial charge in [-0.05, 0) is 61.9 Å². The molecule has 1 fully saturated rings. The first-order valence-corrected chi connectivity index (χ1v) is 13.4. The molecule has 0 bridgehead atoms. The molecule has 5 rings (SSSR count). The van der Waals surface area contributed by atoms with E-state index in [4.69, 9.17) is 9.47 Å². The number of nitrogens with one attached hydrogen (secondary N) is 2. The maximum atomic E-state index is 13.6. The van der Waals surface area contributed by atoms with Gasteiger partial charge in [0.1, 0.15) is 0 Å². The van der Waals surface area contributed by atoms with Gasteiger partial charge in [0.15, 0.2) is 0 Å². The van der Waals surface area contributed by atoms with Gasteiger partial charge in [0.05, 0.1) is 32.3 Å². The van der Waals surface area contributed by atoms with Crippen LogP contribution in [0.15, 0.2) is 36.2 Å². The van der Waals surface area contributed by atoms with Gasteiger partial charge in [0.25, 0.3) is 5.91 Å². The monoisotopic (exact) mass is 506 g/mol. The van der Waals surface area contributed by atoms with Crippen LogP contribution in [0.3, 0.4) is 0 Å². The lowest BCUT2D eigenvalue weighted by Gasteiger charge is -2.34. The molecular formula is C29H38N4O4. The zero-order chi connectivity index (χ0) is 26.1. The summed E-state index contributed by atoms with van der Waals surface area (Å²) < 4.78 is 13.4. The number of ether oxygens (including phenoxy) is 2. The first kappa shape index (κ1) is 25.7. The summed E-state index contributed by atoms with van der Waals surface area (Å²) in [7, 11) is 0. The van der Waals surface area contributed by atoms with Gasteiger partial charge in [-0.3, -0.25) is 14.5 Å². The third kappa shape index (κ3) is 5.23. The number of morpholine rings is 1.